The zero-order chi connectivity index (χ0) is 12.3. The topological polar surface area (TPSA) is 49.5 Å². The lowest BCUT2D eigenvalue weighted by molar-refractivity contribution is 0.201. The molecule has 3 N–H and O–H groups in total. The van der Waals surface area contributed by atoms with Gasteiger partial charge >= 0.3 is 0 Å². The summed E-state index contributed by atoms with van der Waals surface area (Å²) in [5, 5.41) is 9.28. The first kappa shape index (κ1) is 12.9. The Morgan fingerprint density at radius 2 is 2.25 bits per heavy atom. The SMILES string of the molecule is CC(O)CN(C)c1cccc(F)c1C(N)=S. The molecular weight excluding hydrogens is 227 g/mol. The largest absolute Gasteiger partial charge is 0.392 e. The summed E-state index contributed by atoms with van der Waals surface area (Å²) in [6, 6.07) is 4.62. The monoisotopic (exact) mass is 242 g/mol. The highest BCUT2D eigenvalue weighted by Crippen LogP contribution is 2.22. The molecule has 1 unspecified atom stereocenters. The van der Waals surface area contributed by atoms with Crippen LogP contribution in [0.15, 0.2) is 18.2 Å². The van der Waals surface area contributed by atoms with Gasteiger partial charge in [0, 0.05) is 19.3 Å². The van der Waals surface area contributed by atoms with E-state index in [1.54, 1.807) is 31.0 Å². The lowest BCUT2D eigenvalue weighted by Crippen LogP contribution is -2.29. The van der Waals surface area contributed by atoms with E-state index in [1.165, 1.54) is 6.07 Å². The number of aliphatic hydroxyl groups is 1. The molecule has 0 aliphatic rings. The molecular formula is C11H15FN2OS. The third-order valence-electron chi connectivity index (χ3n) is 2.19. The Labute approximate surface area is 99.7 Å². The molecule has 0 bridgehead atoms. The molecule has 0 aliphatic heterocycles. The predicted molar refractivity (Wildman–Crippen MR) is 67.2 cm³/mol. The van der Waals surface area contributed by atoms with Crippen molar-refractivity contribution in [1.82, 2.24) is 0 Å². The molecule has 16 heavy (non-hydrogen) atoms. The van der Waals surface area contributed by atoms with E-state index in [4.69, 9.17) is 18.0 Å². The maximum Gasteiger partial charge on any atom is 0.135 e. The normalized spacial score (nSPS) is 12.2. The summed E-state index contributed by atoms with van der Waals surface area (Å²) in [7, 11) is 1.75. The first-order valence-electron chi connectivity index (χ1n) is 4.91. The van der Waals surface area contributed by atoms with Crippen molar-refractivity contribution in [1.29, 1.82) is 0 Å². The Hall–Kier alpha value is -1.20. The number of hydrogen-bond donors (Lipinski definition) is 2. The van der Waals surface area contributed by atoms with Gasteiger partial charge in [0.25, 0.3) is 0 Å². The third kappa shape index (κ3) is 2.90. The van der Waals surface area contributed by atoms with Crippen molar-refractivity contribution in [3.05, 3.63) is 29.6 Å². The molecule has 0 heterocycles. The Bertz CT molecular complexity index is 396. The van der Waals surface area contributed by atoms with E-state index < -0.39 is 11.9 Å². The maximum absolute atomic E-state index is 13.5. The minimum absolute atomic E-state index is 0.0190. The van der Waals surface area contributed by atoms with Crippen LogP contribution in [0.2, 0.25) is 0 Å². The molecule has 1 aromatic rings. The number of nitrogens with zero attached hydrogens (tertiary/aromatic N) is 1. The standard InChI is InChI=1S/C11H15FN2OS/c1-7(15)6-14(2)9-5-3-4-8(12)10(9)11(13)16/h3-5,7,15H,6H2,1-2H3,(H2,13,16). The van der Waals surface area contributed by atoms with Crippen LogP contribution < -0.4 is 10.6 Å². The molecule has 0 amide bonds. The van der Waals surface area contributed by atoms with Gasteiger partial charge in [-0.15, -0.1) is 0 Å². The Morgan fingerprint density at radius 1 is 1.62 bits per heavy atom. The first-order valence-corrected chi connectivity index (χ1v) is 5.31. The molecule has 0 fully saturated rings. The van der Waals surface area contributed by atoms with Crippen molar-refractivity contribution in [3.63, 3.8) is 0 Å². The number of benzene rings is 1. The molecule has 1 aromatic carbocycles. The Balaban J connectivity index is 3.12. The molecule has 0 aromatic heterocycles. The molecule has 88 valence electrons. The van der Waals surface area contributed by atoms with E-state index in [2.05, 4.69) is 0 Å². The fourth-order valence-corrected chi connectivity index (χ4v) is 1.77. The van der Waals surface area contributed by atoms with Crippen LogP contribution in [-0.4, -0.2) is 29.8 Å². The van der Waals surface area contributed by atoms with Gasteiger partial charge in [0.1, 0.15) is 10.8 Å². The van der Waals surface area contributed by atoms with Gasteiger partial charge in [-0.2, -0.15) is 0 Å². The van der Waals surface area contributed by atoms with Crippen LogP contribution in [0.4, 0.5) is 10.1 Å². The molecule has 0 radical (unpaired) electrons. The lowest BCUT2D eigenvalue weighted by Gasteiger charge is -2.23. The van der Waals surface area contributed by atoms with Crippen molar-refractivity contribution in [3.8, 4) is 0 Å². The second-order valence-corrected chi connectivity index (χ2v) is 4.17. The van der Waals surface area contributed by atoms with Crippen molar-refractivity contribution in [2.24, 2.45) is 5.73 Å². The number of nitrogens with two attached hydrogens (primary N) is 1. The molecule has 3 nitrogen and oxygen atoms in total. The van der Waals surface area contributed by atoms with Crippen LogP contribution >= 0.6 is 12.2 Å². The van der Waals surface area contributed by atoms with Crippen LogP contribution in [0, 0.1) is 5.82 Å². The van der Waals surface area contributed by atoms with Gasteiger partial charge in [-0.25, -0.2) is 4.39 Å². The zero-order valence-corrected chi connectivity index (χ0v) is 10.1. The van der Waals surface area contributed by atoms with E-state index in [0.717, 1.165) is 0 Å². The number of rotatable bonds is 4. The number of likely N-dealkylation sites (N-methyl/N-ethyl adjacent to an activating group) is 1. The van der Waals surface area contributed by atoms with Gasteiger partial charge in [0.2, 0.25) is 0 Å². The van der Waals surface area contributed by atoms with Crippen LogP contribution in [0.25, 0.3) is 0 Å². The van der Waals surface area contributed by atoms with Gasteiger partial charge in [-0.1, -0.05) is 18.3 Å². The maximum atomic E-state index is 13.5. The van der Waals surface area contributed by atoms with E-state index in [9.17, 15) is 9.50 Å². The first-order chi connectivity index (χ1) is 7.43. The predicted octanol–water partition coefficient (Wildman–Crippen LogP) is 1.28. The molecule has 5 heteroatoms. The number of thiocarbonyl (C=S) groups is 1. The van der Waals surface area contributed by atoms with E-state index >= 15 is 0 Å². The summed E-state index contributed by atoms with van der Waals surface area (Å²) in [6.07, 6.45) is -0.507. The average molecular weight is 242 g/mol. The van der Waals surface area contributed by atoms with Crippen molar-refractivity contribution >= 4 is 22.9 Å². The second kappa shape index (κ2) is 5.23. The highest BCUT2D eigenvalue weighted by atomic mass is 32.1. The molecule has 0 saturated heterocycles. The van der Waals surface area contributed by atoms with Crippen molar-refractivity contribution in [2.45, 2.75) is 13.0 Å². The number of aliphatic hydroxyl groups excluding tert-OH is 1. The van der Waals surface area contributed by atoms with Gasteiger partial charge in [0.05, 0.1) is 11.7 Å². The summed E-state index contributed by atoms with van der Waals surface area (Å²) in [4.78, 5) is 1.74. The van der Waals surface area contributed by atoms with Crippen molar-refractivity contribution < 1.29 is 9.50 Å². The molecule has 1 rings (SSSR count). The number of hydrogen-bond acceptors (Lipinski definition) is 3. The van der Waals surface area contributed by atoms with Crippen LogP contribution in [-0.2, 0) is 0 Å². The zero-order valence-electron chi connectivity index (χ0n) is 9.27. The fraction of sp³-hybridized carbons (Fsp3) is 0.364. The summed E-state index contributed by atoms with van der Waals surface area (Å²) >= 11 is 4.82. The van der Waals surface area contributed by atoms with E-state index in [-0.39, 0.29) is 10.6 Å². The van der Waals surface area contributed by atoms with Crippen molar-refractivity contribution in [2.75, 3.05) is 18.5 Å². The number of halogens is 1. The minimum Gasteiger partial charge on any atom is -0.392 e. The summed E-state index contributed by atoms with van der Waals surface area (Å²) < 4.78 is 13.5. The van der Waals surface area contributed by atoms with Gasteiger partial charge in [0.15, 0.2) is 0 Å². The molecule has 0 spiro atoms. The highest BCUT2D eigenvalue weighted by Gasteiger charge is 2.15. The quantitative estimate of drug-likeness (QED) is 0.781. The summed E-state index contributed by atoms with van der Waals surface area (Å²) in [6.45, 7) is 2.05. The van der Waals surface area contributed by atoms with Crippen LogP contribution in [0.3, 0.4) is 0 Å². The smallest absolute Gasteiger partial charge is 0.135 e. The minimum atomic E-state index is -0.507. The second-order valence-electron chi connectivity index (χ2n) is 3.73. The average Bonchev–Trinajstić information content (AvgIpc) is 2.15. The molecule has 1 atom stereocenters. The van der Waals surface area contributed by atoms with Gasteiger partial charge in [-0.3, -0.25) is 0 Å². The van der Waals surface area contributed by atoms with E-state index in [1.807, 2.05) is 0 Å². The number of anilines is 1. The third-order valence-corrected chi connectivity index (χ3v) is 2.39. The van der Waals surface area contributed by atoms with Crippen LogP contribution in [0.5, 0.6) is 0 Å². The van der Waals surface area contributed by atoms with E-state index in [0.29, 0.717) is 12.2 Å². The Morgan fingerprint density at radius 3 is 2.75 bits per heavy atom. The van der Waals surface area contributed by atoms with Gasteiger partial charge < -0.3 is 15.7 Å². The summed E-state index contributed by atoms with van der Waals surface area (Å²) in [5.41, 5.74) is 6.30. The van der Waals surface area contributed by atoms with Crippen LogP contribution in [0.1, 0.15) is 12.5 Å². The molecule has 0 aliphatic carbocycles. The lowest BCUT2D eigenvalue weighted by atomic mass is 10.1. The highest BCUT2D eigenvalue weighted by molar-refractivity contribution is 7.80. The fourth-order valence-electron chi connectivity index (χ4n) is 1.57. The summed E-state index contributed by atoms with van der Waals surface area (Å²) in [5.74, 6) is -0.442. The van der Waals surface area contributed by atoms with Gasteiger partial charge in [-0.05, 0) is 19.1 Å². The molecule has 0 saturated carbocycles. The Kier molecular flexibility index (Phi) is 4.20.